The minimum atomic E-state index is -3.49. The van der Waals surface area contributed by atoms with Gasteiger partial charge in [0.15, 0.2) is 0 Å². The zero-order chi connectivity index (χ0) is 13.1. The summed E-state index contributed by atoms with van der Waals surface area (Å²) in [5.74, 6) is -0.349. The molecule has 0 N–H and O–H groups in total. The van der Waals surface area contributed by atoms with Crippen molar-refractivity contribution in [2.24, 2.45) is 11.8 Å². The lowest BCUT2D eigenvalue weighted by molar-refractivity contribution is 0.167. The van der Waals surface area contributed by atoms with Gasteiger partial charge in [0.05, 0.1) is 38.9 Å². The Kier molecular flexibility index (Phi) is 4.90. The van der Waals surface area contributed by atoms with Crippen molar-refractivity contribution in [1.29, 1.82) is 0 Å². The summed E-state index contributed by atoms with van der Waals surface area (Å²) in [5, 5.41) is 0. The molecule has 0 radical (unpaired) electrons. The minimum Gasteiger partial charge on any atom is -0.381 e. The zero-order valence-corrected chi connectivity index (χ0v) is 11.3. The summed E-state index contributed by atoms with van der Waals surface area (Å²) in [5.41, 5.74) is 0. The Morgan fingerprint density at radius 1 is 0.941 bits per heavy atom. The molecule has 2 atom stereocenters. The Hall–Kier alpha value is -0.220. The van der Waals surface area contributed by atoms with E-state index < -0.39 is 20.2 Å². The molecule has 1 rings (SSSR count). The van der Waals surface area contributed by atoms with Crippen LogP contribution in [0.4, 0.5) is 0 Å². The number of hydrogen-bond acceptors (Lipinski definition) is 7. The van der Waals surface area contributed by atoms with Crippen LogP contribution in [0, 0.1) is 11.8 Å². The molecule has 0 amide bonds. The molecular formula is C8H16O7S2. The Morgan fingerprint density at radius 3 is 1.59 bits per heavy atom. The van der Waals surface area contributed by atoms with Gasteiger partial charge in [-0.15, -0.1) is 0 Å². The summed E-state index contributed by atoms with van der Waals surface area (Å²) >= 11 is 0. The average molecular weight is 288 g/mol. The third kappa shape index (κ3) is 6.32. The largest absolute Gasteiger partial charge is 0.381 e. The van der Waals surface area contributed by atoms with Crippen molar-refractivity contribution in [2.45, 2.75) is 0 Å². The van der Waals surface area contributed by atoms with Gasteiger partial charge in [0.2, 0.25) is 0 Å². The van der Waals surface area contributed by atoms with Gasteiger partial charge in [-0.1, -0.05) is 0 Å². The molecule has 1 heterocycles. The van der Waals surface area contributed by atoms with Gasteiger partial charge in [-0.25, -0.2) is 0 Å². The first-order valence-corrected chi connectivity index (χ1v) is 8.57. The molecule has 102 valence electrons. The third-order valence-corrected chi connectivity index (χ3v) is 3.45. The van der Waals surface area contributed by atoms with Crippen molar-refractivity contribution in [1.82, 2.24) is 0 Å². The molecule has 0 unspecified atom stereocenters. The molecule has 17 heavy (non-hydrogen) atoms. The van der Waals surface area contributed by atoms with Gasteiger partial charge in [0.25, 0.3) is 20.2 Å². The van der Waals surface area contributed by atoms with Crippen molar-refractivity contribution in [3.05, 3.63) is 0 Å². The van der Waals surface area contributed by atoms with Gasteiger partial charge < -0.3 is 4.74 Å². The maximum absolute atomic E-state index is 10.8. The monoisotopic (exact) mass is 288 g/mol. The number of hydrogen-bond donors (Lipinski definition) is 0. The molecule has 1 saturated heterocycles. The quantitative estimate of drug-likeness (QED) is 0.590. The van der Waals surface area contributed by atoms with E-state index in [1.54, 1.807) is 0 Å². The van der Waals surface area contributed by atoms with Gasteiger partial charge in [-0.2, -0.15) is 16.8 Å². The predicted octanol–water partition coefficient (Wildman–Crippen LogP) is -0.799. The van der Waals surface area contributed by atoms with Crippen molar-refractivity contribution < 1.29 is 29.9 Å². The van der Waals surface area contributed by atoms with E-state index >= 15 is 0 Å². The first-order valence-electron chi connectivity index (χ1n) is 4.94. The van der Waals surface area contributed by atoms with E-state index in [-0.39, 0.29) is 25.0 Å². The molecular weight excluding hydrogens is 272 g/mol. The average Bonchev–Trinajstić information content (AvgIpc) is 2.56. The molecule has 0 aliphatic carbocycles. The minimum absolute atomic E-state index is 0.0172. The zero-order valence-electron chi connectivity index (χ0n) is 9.66. The van der Waals surface area contributed by atoms with Crippen LogP contribution in [0.2, 0.25) is 0 Å². The van der Waals surface area contributed by atoms with Crippen molar-refractivity contribution >= 4 is 20.2 Å². The highest BCUT2D eigenvalue weighted by Gasteiger charge is 2.30. The molecule has 1 aliphatic rings. The molecule has 7 nitrogen and oxygen atoms in total. The van der Waals surface area contributed by atoms with Gasteiger partial charge in [0.1, 0.15) is 0 Å². The van der Waals surface area contributed by atoms with E-state index in [0.29, 0.717) is 13.2 Å². The SMILES string of the molecule is CS(=O)(=O)OC[C@H]1COC[C@@H]1COS(C)(=O)=O. The first kappa shape index (κ1) is 14.8. The number of rotatable bonds is 6. The number of ether oxygens (including phenoxy) is 1. The van der Waals surface area contributed by atoms with Crippen molar-refractivity contribution in [3.8, 4) is 0 Å². The predicted molar refractivity (Wildman–Crippen MR) is 59.4 cm³/mol. The summed E-state index contributed by atoms with van der Waals surface area (Å²) in [4.78, 5) is 0. The Bertz CT molecular complexity index is 396. The second kappa shape index (κ2) is 5.61. The normalized spacial score (nSPS) is 26.2. The summed E-state index contributed by atoms with van der Waals surface area (Å²) in [6.45, 7) is 0.647. The van der Waals surface area contributed by atoms with E-state index in [4.69, 9.17) is 4.74 Å². The Labute approximate surface area is 101 Å². The highest BCUT2D eigenvalue weighted by Crippen LogP contribution is 2.22. The van der Waals surface area contributed by atoms with Gasteiger partial charge in [-0.3, -0.25) is 8.37 Å². The summed E-state index contributed by atoms with van der Waals surface area (Å²) in [7, 11) is -6.99. The fourth-order valence-corrected chi connectivity index (χ4v) is 2.28. The molecule has 0 spiro atoms. The van der Waals surface area contributed by atoms with Gasteiger partial charge >= 0.3 is 0 Å². The van der Waals surface area contributed by atoms with Crippen LogP contribution in [-0.4, -0.2) is 55.8 Å². The summed E-state index contributed by atoms with van der Waals surface area (Å²) in [6.07, 6.45) is 1.93. The lowest BCUT2D eigenvalue weighted by atomic mass is 9.98. The van der Waals surface area contributed by atoms with Crippen LogP contribution in [0.3, 0.4) is 0 Å². The van der Waals surface area contributed by atoms with E-state index in [9.17, 15) is 16.8 Å². The van der Waals surface area contributed by atoms with Gasteiger partial charge in [-0.05, 0) is 0 Å². The summed E-state index contributed by atoms with van der Waals surface area (Å²) < 4.78 is 57.8. The van der Waals surface area contributed by atoms with Crippen LogP contribution in [-0.2, 0) is 33.3 Å². The van der Waals surface area contributed by atoms with Crippen LogP contribution >= 0.6 is 0 Å². The maximum Gasteiger partial charge on any atom is 0.264 e. The van der Waals surface area contributed by atoms with E-state index in [2.05, 4.69) is 8.37 Å². The van der Waals surface area contributed by atoms with Crippen LogP contribution in [0.25, 0.3) is 0 Å². The van der Waals surface area contributed by atoms with Crippen LogP contribution in [0.5, 0.6) is 0 Å². The van der Waals surface area contributed by atoms with E-state index in [1.807, 2.05) is 0 Å². The second-order valence-electron chi connectivity index (χ2n) is 4.03. The van der Waals surface area contributed by atoms with Crippen LogP contribution in [0.1, 0.15) is 0 Å². The van der Waals surface area contributed by atoms with Crippen molar-refractivity contribution in [3.63, 3.8) is 0 Å². The fourth-order valence-electron chi connectivity index (χ4n) is 1.43. The Morgan fingerprint density at radius 2 is 1.29 bits per heavy atom. The van der Waals surface area contributed by atoms with E-state index in [0.717, 1.165) is 12.5 Å². The third-order valence-electron chi connectivity index (χ3n) is 2.32. The smallest absolute Gasteiger partial charge is 0.264 e. The molecule has 1 aliphatic heterocycles. The first-order chi connectivity index (χ1) is 7.67. The molecule has 0 aromatic rings. The van der Waals surface area contributed by atoms with Crippen molar-refractivity contribution in [2.75, 3.05) is 38.9 Å². The molecule has 9 heteroatoms. The van der Waals surface area contributed by atoms with E-state index in [1.165, 1.54) is 0 Å². The highest BCUT2D eigenvalue weighted by molar-refractivity contribution is 7.86. The fraction of sp³-hybridized carbons (Fsp3) is 1.00. The summed E-state index contributed by atoms with van der Waals surface area (Å²) in [6, 6.07) is 0. The lowest BCUT2D eigenvalue weighted by Gasteiger charge is -2.15. The lowest BCUT2D eigenvalue weighted by Crippen LogP contribution is -2.25. The Balaban J connectivity index is 2.44. The highest BCUT2D eigenvalue weighted by atomic mass is 32.2. The maximum atomic E-state index is 10.8. The standard InChI is InChI=1S/C8H16O7S2/c1-16(9,10)14-5-7-3-13-4-8(7)6-15-17(2,11)12/h7-8H,3-6H2,1-2H3/t7-,8-/m1/s1. The molecule has 0 bridgehead atoms. The molecule has 1 fully saturated rings. The second-order valence-corrected chi connectivity index (χ2v) is 7.32. The molecule has 0 aromatic carbocycles. The van der Waals surface area contributed by atoms with Crippen LogP contribution in [0.15, 0.2) is 0 Å². The topological polar surface area (TPSA) is 96.0 Å². The van der Waals surface area contributed by atoms with Crippen LogP contribution < -0.4 is 0 Å². The molecule has 0 saturated carbocycles. The molecule has 0 aromatic heterocycles. The van der Waals surface area contributed by atoms with Gasteiger partial charge in [0, 0.05) is 11.8 Å².